The van der Waals surface area contributed by atoms with Gasteiger partial charge in [0.25, 0.3) is 0 Å². The fourth-order valence-electron chi connectivity index (χ4n) is 1.43. The van der Waals surface area contributed by atoms with Gasteiger partial charge in [-0.3, -0.25) is 4.79 Å². The predicted molar refractivity (Wildman–Crippen MR) is 39.8 cm³/mol. The van der Waals surface area contributed by atoms with E-state index in [2.05, 4.69) is 6.42 Å². The Morgan fingerprint density at radius 1 is 1.55 bits per heavy atom. The van der Waals surface area contributed by atoms with Crippen LogP contribution in [0.4, 0.5) is 0 Å². The number of likely N-dealkylation sites (tertiary alicyclic amines) is 1. The monoisotopic (exact) mass is 154 g/mol. The molecule has 2 rings (SSSR count). The van der Waals surface area contributed by atoms with Gasteiger partial charge in [-0.2, -0.15) is 0 Å². The maximum atomic E-state index is 11.5. The first-order chi connectivity index (χ1) is 5.38. The fraction of sp³-hybridized carbons (Fsp3) is 0.750. The van der Waals surface area contributed by atoms with E-state index in [1.54, 1.807) is 0 Å². The first-order valence-corrected chi connectivity index (χ1v) is 4.06. The maximum Gasteiger partial charge on any atom is 0.228 e. The van der Waals surface area contributed by atoms with Gasteiger partial charge < -0.3 is 9.64 Å². The van der Waals surface area contributed by atoms with Crippen LogP contribution in [0, 0.1) is 12.3 Å². The van der Waals surface area contributed by atoms with Crippen molar-refractivity contribution >= 4 is 5.91 Å². The van der Waals surface area contributed by atoms with Crippen molar-refractivity contribution in [2.24, 2.45) is 5.92 Å². The third-order valence-electron chi connectivity index (χ3n) is 2.29. The second-order valence-corrected chi connectivity index (χ2v) is 3.09. The molecule has 1 radical (unpaired) electrons. The van der Waals surface area contributed by atoms with Crippen LogP contribution in [0.1, 0.15) is 6.42 Å². The van der Waals surface area contributed by atoms with Crippen LogP contribution in [0.3, 0.4) is 0 Å². The predicted octanol–water partition coefficient (Wildman–Crippen LogP) is 0.0694. The lowest BCUT2D eigenvalue weighted by Crippen LogP contribution is -2.45. The maximum absolute atomic E-state index is 11.5. The minimum Gasteiger partial charge on any atom is -0.381 e. The Hall–Kier alpha value is -0.570. The van der Waals surface area contributed by atoms with E-state index in [1.165, 1.54) is 0 Å². The van der Waals surface area contributed by atoms with Crippen LogP contribution in [0.15, 0.2) is 0 Å². The van der Waals surface area contributed by atoms with Gasteiger partial charge in [0.15, 0.2) is 0 Å². The molecule has 1 amide bonds. The summed E-state index contributed by atoms with van der Waals surface area (Å²) in [6, 6.07) is 0. The number of rotatable bonds is 1. The molecule has 1 unspecified atom stereocenters. The first kappa shape index (κ1) is 7.10. The van der Waals surface area contributed by atoms with Crippen LogP contribution in [-0.4, -0.2) is 37.1 Å². The number of nitrogens with zero attached hydrogens (tertiary/aromatic N) is 1. The van der Waals surface area contributed by atoms with E-state index in [-0.39, 0.29) is 11.8 Å². The van der Waals surface area contributed by atoms with Gasteiger partial charge >= 0.3 is 0 Å². The van der Waals surface area contributed by atoms with Crippen LogP contribution in [0.25, 0.3) is 0 Å². The molecule has 0 spiro atoms. The van der Waals surface area contributed by atoms with E-state index in [0.29, 0.717) is 6.61 Å². The number of carbonyl (C=O) groups excluding carboxylic acids is 1. The number of ether oxygens (including phenoxy) is 1. The van der Waals surface area contributed by atoms with Crippen LogP contribution >= 0.6 is 0 Å². The molecule has 0 bridgehead atoms. The zero-order valence-electron chi connectivity index (χ0n) is 6.45. The van der Waals surface area contributed by atoms with Crippen molar-refractivity contribution in [3.8, 4) is 0 Å². The Morgan fingerprint density at radius 2 is 2.36 bits per heavy atom. The van der Waals surface area contributed by atoms with Crippen LogP contribution < -0.4 is 0 Å². The molecule has 2 heterocycles. The Kier molecular flexibility index (Phi) is 1.82. The Bertz CT molecular complexity index is 159. The van der Waals surface area contributed by atoms with Gasteiger partial charge in [-0.1, -0.05) is 0 Å². The fourth-order valence-corrected chi connectivity index (χ4v) is 1.43. The van der Waals surface area contributed by atoms with Crippen molar-refractivity contribution in [2.75, 3.05) is 26.3 Å². The summed E-state index contributed by atoms with van der Waals surface area (Å²) in [5, 5.41) is 0. The van der Waals surface area contributed by atoms with Crippen LogP contribution in [-0.2, 0) is 9.53 Å². The largest absolute Gasteiger partial charge is 0.381 e. The molecular formula is C8H12NO2. The highest BCUT2D eigenvalue weighted by Gasteiger charge is 2.30. The van der Waals surface area contributed by atoms with E-state index >= 15 is 0 Å². The smallest absolute Gasteiger partial charge is 0.228 e. The summed E-state index contributed by atoms with van der Waals surface area (Å²) in [6.45, 7) is 3.08. The van der Waals surface area contributed by atoms with Crippen molar-refractivity contribution in [3.05, 3.63) is 6.42 Å². The molecule has 11 heavy (non-hydrogen) atoms. The lowest BCUT2D eigenvalue weighted by Gasteiger charge is -2.32. The van der Waals surface area contributed by atoms with Crippen LogP contribution in [0.5, 0.6) is 0 Å². The van der Waals surface area contributed by atoms with Crippen molar-refractivity contribution in [3.63, 3.8) is 0 Å². The lowest BCUT2D eigenvalue weighted by molar-refractivity contribution is -0.137. The molecule has 0 aromatic heterocycles. The molecule has 2 fully saturated rings. The highest BCUT2D eigenvalue weighted by Crippen LogP contribution is 2.18. The van der Waals surface area contributed by atoms with Crippen molar-refractivity contribution < 1.29 is 9.53 Å². The Labute approximate surface area is 66.3 Å². The summed E-state index contributed by atoms with van der Waals surface area (Å²) in [5.41, 5.74) is 0. The molecule has 2 aliphatic rings. The molecule has 3 nitrogen and oxygen atoms in total. The summed E-state index contributed by atoms with van der Waals surface area (Å²) in [7, 11) is 0. The molecule has 0 N–H and O–H groups in total. The van der Waals surface area contributed by atoms with E-state index < -0.39 is 0 Å². The van der Waals surface area contributed by atoms with E-state index in [9.17, 15) is 4.79 Å². The average molecular weight is 154 g/mol. The normalized spacial score (nSPS) is 30.2. The topological polar surface area (TPSA) is 29.5 Å². The number of amides is 1. The second-order valence-electron chi connectivity index (χ2n) is 3.09. The van der Waals surface area contributed by atoms with Crippen molar-refractivity contribution in [1.82, 2.24) is 4.90 Å². The Morgan fingerprint density at radius 3 is 2.82 bits per heavy atom. The zero-order valence-corrected chi connectivity index (χ0v) is 6.45. The standard InChI is InChI=1S/C8H12NO2/c10-8(9-3-1-4-9)7-2-5-11-6-7/h1,7H,2-6H2. The summed E-state index contributed by atoms with van der Waals surface area (Å²) >= 11 is 0. The van der Waals surface area contributed by atoms with E-state index in [1.807, 2.05) is 4.90 Å². The number of hydrogen-bond acceptors (Lipinski definition) is 2. The minimum absolute atomic E-state index is 0.156. The molecular weight excluding hydrogens is 142 g/mol. The lowest BCUT2D eigenvalue weighted by atomic mass is 10.1. The van der Waals surface area contributed by atoms with Gasteiger partial charge in [0.2, 0.25) is 5.91 Å². The molecule has 0 saturated carbocycles. The van der Waals surface area contributed by atoms with Gasteiger partial charge in [0.1, 0.15) is 0 Å². The third-order valence-corrected chi connectivity index (χ3v) is 2.29. The summed E-state index contributed by atoms with van der Waals surface area (Å²) in [5.74, 6) is 0.439. The quantitative estimate of drug-likeness (QED) is 0.535. The summed E-state index contributed by atoms with van der Waals surface area (Å²) in [4.78, 5) is 13.3. The molecule has 0 aliphatic carbocycles. The van der Waals surface area contributed by atoms with Gasteiger partial charge in [-0.05, 0) is 6.42 Å². The van der Waals surface area contributed by atoms with Crippen LogP contribution in [0.2, 0.25) is 0 Å². The highest BCUT2D eigenvalue weighted by molar-refractivity contribution is 5.80. The molecule has 2 aliphatic heterocycles. The molecule has 61 valence electrons. The third kappa shape index (κ3) is 1.25. The van der Waals surface area contributed by atoms with Crippen molar-refractivity contribution in [1.29, 1.82) is 0 Å². The highest BCUT2D eigenvalue weighted by atomic mass is 16.5. The van der Waals surface area contributed by atoms with Crippen molar-refractivity contribution in [2.45, 2.75) is 6.42 Å². The first-order valence-electron chi connectivity index (χ1n) is 4.06. The van der Waals surface area contributed by atoms with E-state index in [4.69, 9.17) is 4.74 Å². The molecule has 2 saturated heterocycles. The number of hydrogen-bond donors (Lipinski definition) is 0. The van der Waals surface area contributed by atoms with E-state index in [0.717, 1.165) is 26.1 Å². The van der Waals surface area contributed by atoms with Gasteiger partial charge in [-0.15, -0.1) is 0 Å². The minimum atomic E-state index is 0.156. The average Bonchev–Trinajstić information content (AvgIpc) is 2.32. The molecule has 0 aromatic rings. The Balaban J connectivity index is 1.87. The zero-order chi connectivity index (χ0) is 7.68. The molecule has 3 heteroatoms. The molecule has 1 atom stereocenters. The number of carbonyl (C=O) groups is 1. The summed E-state index contributed by atoms with van der Waals surface area (Å²) < 4.78 is 5.14. The SMILES string of the molecule is O=C(C1CCOC1)N1C[CH]C1. The summed E-state index contributed by atoms with van der Waals surface area (Å²) in [6.07, 6.45) is 3.02. The van der Waals surface area contributed by atoms with Gasteiger partial charge in [-0.25, -0.2) is 0 Å². The molecule has 0 aromatic carbocycles. The second kappa shape index (κ2) is 2.81. The van der Waals surface area contributed by atoms with Gasteiger partial charge in [0.05, 0.1) is 12.5 Å². The van der Waals surface area contributed by atoms with Gasteiger partial charge in [0, 0.05) is 26.1 Å².